The number of nitrogens with one attached hydrogen (secondary N) is 1. The molecule has 5 nitrogen and oxygen atoms in total. The molecule has 1 aliphatic rings. The minimum atomic E-state index is -3.79. The highest BCUT2D eigenvalue weighted by molar-refractivity contribution is 7.92. The summed E-state index contributed by atoms with van der Waals surface area (Å²) < 4.78 is 50.5. The maximum atomic E-state index is 13.1. The fraction of sp³-hybridized carbons (Fsp3) is 0.143. The van der Waals surface area contributed by atoms with Gasteiger partial charge in [-0.25, -0.2) is 12.8 Å². The number of halogens is 1. The highest BCUT2D eigenvalue weighted by Gasteiger charge is 2.19. The first-order valence-electron chi connectivity index (χ1n) is 6.14. The van der Waals surface area contributed by atoms with Crippen LogP contribution in [-0.4, -0.2) is 15.2 Å². The van der Waals surface area contributed by atoms with E-state index in [-0.39, 0.29) is 11.7 Å². The molecule has 7 heteroatoms. The van der Waals surface area contributed by atoms with Crippen molar-refractivity contribution in [1.82, 2.24) is 0 Å². The second-order valence-corrected chi connectivity index (χ2v) is 6.23. The van der Waals surface area contributed by atoms with Crippen molar-refractivity contribution >= 4 is 15.7 Å². The van der Waals surface area contributed by atoms with Crippen molar-refractivity contribution in [3.05, 3.63) is 47.8 Å². The molecule has 0 saturated carbocycles. The maximum absolute atomic E-state index is 13.1. The van der Waals surface area contributed by atoms with Crippen molar-refractivity contribution in [2.24, 2.45) is 0 Å². The summed E-state index contributed by atoms with van der Waals surface area (Å²) in [5.74, 6) is 0.566. The average molecular weight is 309 g/mol. The summed E-state index contributed by atoms with van der Waals surface area (Å²) in [6.45, 7) is 1.65. The zero-order valence-electron chi connectivity index (χ0n) is 11.1. The molecule has 0 fully saturated rings. The Morgan fingerprint density at radius 2 is 1.86 bits per heavy atom. The van der Waals surface area contributed by atoms with Gasteiger partial charge in [-0.3, -0.25) is 4.72 Å². The SMILES string of the molecule is Cc1cc(F)ccc1S(=O)(=O)Nc1ccc2c(c1)OCO2. The molecule has 0 aromatic heterocycles. The van der Waals surface area contributed by atoms with Crippen LogP contribution in [0.15, 0.2) is 41.3 Å². The zero-order valence-corrected chi connectivity index (χ0v) is 11.9. The fourth-order valence-corrected chi connectivity index (χ4v) is 3.36. The van der Waals surface area contributed by atoms with Crippen molar-refractivity contribution < 1.29 is 22.3 Å². The molecule has 110 valence electrons. The van der Waals surface area contributed by atoms with Crippen molar-refractivity contribution in [3.8, 4) is 11.5 Å². The Kier molecular flexibility index (Phi) is 3.21. The summed E-state index contributed by atoms with van der Waals surface area (Å²) in [6.07, 6.45) is 0. The van der Waals surface area contributed by atoms with Gasteiger partial charge in [0, 0.05) is 6.07 Å². The minimum absolute atomic E-state index is 0.0292. The number of hydrogen-bond acceptors (Lipinski definition) is 4. The van der Waals surface area contributed by atoms with Crippen LogP contribution < -0.4 is 14.2 Å². The predicted octanol–water partition coefficient (Wildman–Crippen LogP) is 2.66. The third-order valence-corrected chi connectivity index (χ3v) is 4.59. The van der Waals surface area contributed by atoms with Gasteiger partial charge in [0.05, 0.1) is 10.6 Å². The first-order chi connectivity index (χ1) is 9.95. The van der Waals surface area contributed by atoms with E-state index < -0.39 is 15.8 Å². The van der Waals surface area contributed by atoms with Gasteiger partial charge in [-0.05, 0) is 42.8 Å². The molecule has 3 rings (SSSR count). The van der Waals surface area contributed by atoms with Crippen LogP contribution in [0.2, 0.25) is 0 Å². The number of benzene rings is 2. The van der Waals surface area contributed by atoms with Crippen LogP contribution >= 0.6 is 0 Å². The van der Waals surface area contributed by atoms with Gasteiger partial charge in [0.2, 0.25) is 6.79 Å². The summed E-state index contributed by atoms with van der Waals surface area (Å²) in [5, 5.41) is 0. The second-order valence-electron chi connectivity index (χ2n) is 4.58. The molecule has 0 bridgehead atoms. The molecule has 0 spiro atoms. The van der Waals surface area contributed by atoms with E-state index in [1.54, 1.807) is 18.2 Å². The van der Waals surface area contributed by atoms with Crippen LogP contribution in [-0.2, 0) is 10.0 Å². The number of ether oxygens (including phenoxy) is 2. The van der Waals surface area contributed by atoms with Gasteiger partial charge in [-0.1, -0.05) is 0 Å². The fourth-order valence-electron chi connectivity index (χ4n) is 2.08. The van der Waals surface area contributed by atoms with Crippen LogP contribution in [0.5, 0.6) is 11.5 Å². The smallest absolute Gasteiger partial charge is 0.262 e. The van der Waals surface area contributed by atoms with Crippen LogP contribution in [0.25, 0.3) is 0 Å². The van der Waals surface area contributed by atoms with Gasteiger partial charge >= 0.3 is 0 Å². The Labute approximate surface area is 121 Å². The van der Waals surface area contributed by atoms with Crippen molar-refractivity contribution in [2.45, 2.75) is 11.8 Å². The Morgan fingerprint density at radius 3 is 2.62 bits per heavy atom. The number of aryl methyl sites for hydroxylation is 1. The van der Waals surface area contributed by atoms with Crippen molar-refractivity contribution in [3.63, 3.8) is 0 Å². The number of sulfonamides is 1. The standard InChI is InChI=1S/C14H12FNO4S/c1-9-6-10(15)2-5-14(9)21(17,18)16-11-3-4-12-13(7-11)20-8-19-12/h2-7,16H,8H2,1H3. The summed E-state index contributed by atoms with van der Waals surface area (Å²) in [6, 6.07) is 8.26. The van der Waals surface area contributed by atoms with E-state index >= 15 is 0 Å². The van der Waals surface area contributed by atoms with Crippen LogP contribution in [0.1, 0.15) is 5.56 Å². The zero-order chi connectivity index (χ0) is 15.0. The molecule has 0 aliphatic carbocycles. The van der Waals surface area contributed by atoms with E-state index in [1.807, 2.05) is 0 Å². The normalized spacial score (nSPS) is 13.2. The van der Waals surface area contributed by atoms with Crippen molar-refractivity contribution in [1.29, 1.82) is 0 Å². The van der Waals surface area contributed by atoms with Crippen molar-refractivity contribution in [2.75, 3.05) is 11.5 Å². The topological polar surface area (TPSA) is 64.6 Å². The van der Waals surface area contributed by atoms with Crippen LogP contribution in [0.3, 0.4) is 0 Å². The minimum Gasteiger partial charge on any atom is -0.454 e. The van der Waals surface area contributed by atoms with Crippen LogP contribution in [0, 0.1) is 12.7 Å². The second kappa shape index (κ2) is 4.92. The van der Waals surface area contributed by atoms with E-state index in [0.29, 0.717) is 22.7 Å². The number of anilines is 1. The summed E-state index contributed by atoms with van der Waals surface area (Å²) >= 11 is 0. The predicted molar refractivity (Wildman–Crippen MR) is 74.5 cm³/mol. The lowest BCUT2D eigenvalue weighted by atomic mass is 10.2. The molecule has 1 heterocycles. The number of fused-ring (bicyclic) bond motifs is 1. The molecule has 0 radical (unpaired) electrons. The molecule has 2 aromatic carbocycles. The molecule has 0 unspecified atom stereocenters. The first-order valence-corrected chi connectivity index (χ1v) is 7.63. The molecule has 1 N–H and O–H groups in total. The van der Waals surface area contributed by atoms with E-state index in [2.05, 4.69) is 4.72 Å². The lowest BCUT2D eigenvalue weighted by molar-refractivity contribution is 0.174. The lowest BCUT2D eigenvalue weighted by Crippen LogP contribution is -2.14. The summed E-state index contributed by atoms with van der Waals surface area (Å²) in [7, 11) is -3.79. The Hall–Kier alpha value is -2.28. The molecule has 0 amide bonds. The first kappa shape index (κ1) is 13.7. The molecule has 1 aliphatic heterocycles. The Morgan fingerprint density at radius 1 is 1.10 bits per heavy atom. The average Bonchev–Trinajstić information content (AvgIpc) is 2.85. The molecular weight excluding hydrogens is 297 g/mol. The van der Waals surface area contributed by atoms with Gasteiger partial charge in [-0.15, -0.1) is 0 Å². The quantitative estimate of drug-likeness (QED) is 0.946. The summed E-state index contributed by atoms with van der Waals surface area (Å²) in [4.78, 5) is 0.0292. The van der Waals surface area contributed by atoms with Gasteiger partial charge < -0.3 is 9.47 Å². The van der Waals surface area contributed by atoms with E-state index in [4.69, 9.17) is 9.47 Å². The monoisotopic (exact) mass is 309 g/mol. The number of rotatable bonds is 3. The number of hydrogen-bond donors (Lipinski definition) is 1. The Bertz CT molecular complexity index is 805. The van der Waals surface area contributed by atoms with Gasteiger partial charge in [-0.2, -0.15) is 0 Å². The van der Waals surface area contributed by atoms with Crippen LogP contribution in [0.4, 0.5) is 10.1 Å². The third kappa shape index (κ3) is 2.64. The summed E-state index contributed by atoms with van der Waals surface area (Å²) in [5.41, 5.74) is 0.686. The third-order valence-electron chi connectivity index (χ3n) is 3.05. The molecular formula is C14H12FNO4S. The highest BCUT2D eigenvalue weighted by atomic mass is 32.2. The van der Waals surface area contributed by atoms with Gasteiger partial charge in [0.25, 0.3) is 10.0 Å². The Balaban J connectivity index is 1.92. The van der Waals surface area contributed by atoms with E-state index in [9.17, 15) is 12.8 Å². The lowest BCUT2D eigenvalue weighted by Gasteiger charge is -2.10. The highest BCUT2D eigenvalue weighted by Crippen LogP contribution is 2.35. The largest absolute Gasteiger partial charge is 0.454 e. The van der Waals surface area contributed by atoms with Gasteiger partial charge in [0.15, 0.2) is 11.5 Å². The molecule has 0 atom stereocenters. The van der Waals surface area contributed by atoms with Gasteiger partial charge in [0.1, 0.15) is 5.82 Å². The molecule has 2 aromatic rings. The molecule has 21 heavy (non-hydrogen) atoms. The van der Waals surface area contributed by atoms with E-state index in [0.717, 1.165) is 6.07 Å². The molecule has 0 saturated heterocycles. The van der Waals surface area contributed by atoms with E-state index in [1.165, 1.54) is 19.1 Å². The maximum Gasteiger partial charge on any atom is 0.262 e.